The molecule has 2 rings (SSSR count). The quantitative estimate of drug-likeness (QED) is 0.938. The molecule has 0 radical (unpaired) electrons. The topological polar surface area (TPSA) is 42.0 Å². The minimum atomic E-state index is -0.0670. The number of nitrogens with one attached hydrogen (secondary N) is 1. The van der Waals surface area contributed by atoms with Gasteiger partial charge in [-0.2, -0.15) is 0 Å². The van der Waals surface area contributed by atoms with Gasteiger partial charge in [0, 0.05) is 6.20 Å². The van der Waals surface area contributed by atoms with Gasteiger partial charge in [-0.1, -0.05) is 18.2 Å². The highest BCUT2D eigenvalue weighted by molar-refractivity contribution is 9.10. The average molecular weight is 319 g/mol. The minimum absolute atomic E-state index is 0.0670. The summed E-state index contributed by atoms with van der Waals surface area (Å²) in [6.45, 7) is 4.11. The molecule has 1 N–H and O–H groups in total. The Labute approximate surface area is 121 Å². The second-order valence-corrected chi connectivity index (χ2v) is 5.33. The van der Waals surface area contributed by atoms with Crippen molar-refractivity contribution in [3.63, 3.8) is 0 Å². The van der Waals surface area contributed by atoms with Crippen molar-refractivity contribution in [3.8, 4) is 0 Å². The molecule has 1 heterocycles. The predicted octanol–water partition coefficient (Wildman–Crippen LogP) is 3.64. The Balaban J connectivity index is 2.05. The van der Waals surface area contributed by atoms with Crippen LogP contribution in [0.5, 0.6) is 0 Å². The Morgan fingerprint density at radius 2 is 2.05 bits per heavy atom. The van der Waals surface area contributed by atoms with Crippen LogP contribution in [0.1, 0.15) is 16.7 Å². The largest absolute Gasteiger partial charge is 0.309 e. The Kier molecular flexibility index (Phi) is 4.32. The van der Waals surface area contributed by atoms with Gasteiger partial charge in [0.2, 0.25) is 5.91 Å². The number of halogens is 1. The summed E-state index contributed by atoms with van der Waals surface area (Å²) < 4.78 is 0.781. The molecule has 1 amide bonds. The molecule has 4 heteroatoms. The van der Waals surface area contributed by atoms with E-state index in [1.54, 1.807) is 6.20 Å². The zero-order valence-corrected chi connectivity index (χ0v) is 12.5. The number of anilines is 1. The van der Waals surface area contributed by atoms with Crippen molar-refractivity contribution < 1.29 is 4.79 Å². The monoisotopic (exact) mass is 318 g/mol. The first kappa shape index (κ1) is 13.7. The van der Waals surface area contributed by atoms with E-state index in [0.717, 1.165) is 10.0 Å². The molecular weight excluding hydrogens is 304 g/mol. The maximum Gasteiger partial charge on any atom is 0.229 e. The Morgan fingerprint density at radius 3 is 2.74 bits per heavy atom. The third kappa shape index (κ3) is 3.64. The lowest BCUT2D eigenvalue weighted by Crippen LogP contribution is -2.15. The highest BCUT2D eigenvalue weighted by atomic mass is 79.9. The normalized spacial score (nSPS) is 10.3. The van der Waals surface area contributed by atoms with Crippen LogP contribution in [-0.2, 0) is 11.2 Å². The molecular formula is C15H15BrN2O. The molecule has 1 aromatic carbocycles. The minimum Gasteiger partial charge on any atom is -0.309 e. The number of carbonyl (C=O) groups is 1. The van der Waals surface area contributed by atoms with Crippen LogP contribution in [0.25, 0.3) is 0 Å². The molecule has 0 aliphatic heterocycles. The van der Waals surface area contributed by atoms with Crippen molar-refractivity contribution in [2.45, 2.75) is 20.3 Å². The molecule has 2 aromatic rings. The van der Waals surface area contributed by atoms with Gasteiger partial charge < -0.3 is 5.32 Å². The number of rotatable bonds is 3. The summed E-state index contributed by atoms with van der Waals surface area (Å²) in [6, 6.07) is 9.72. The maximum absolute atomic E-state index is 12.0. The predicted molar refractivity (Wildman–Crippen MR) is 80.2 cm³/mol. The van der Waals surface area contributed by atoms with Gasteiger partial charge in [0.15, 0.2) is 0 Å². The zero-order valence-electron chi connectivity index (χ0n) is 10.9. The molecule has 98 valence electrons. The molecule has 0 fully saturated rings. The van der Waals surface area contributed by atoms with E-state index in [-0.39, 0.29) is 5.91 Å². The Bertz CT molecular complexity index is 611. The number of hydrogen-bond donors (Lipinski definition) is 1. The molecule has 0 spiro atoms. The summed E-state index contributed by atoms with van der Waals surface area (Å²) in [4.78, 5) is 16.1. The van der Waals surface area contributed by atoms with Crippen LogP contribution in [-0.4, -0.2) is 10.9 Å². The second-order valence-electron chi connectivity index (χ2n) is 4.48. The summed E-state index contributed by atoms with van der Waals surface area (Å²) in [6.07, 6.45) is 2.00. The number of benzene rings is 1. The average Bonchev–Trinajstić information content (AvgIpc) is 2.37. The van der Waals surface area contributed by atoms with E-state index in [9.17, 15) is 4.79 Å². The zero-order chi connectivity index (χ0) is 13.8. The van der Waals surface area contributed by atoms with Crippen LogP contribution in [0.3, 0.4) is 0 Å². The molecule has 3 nitrogen and oxygen atoms in total. The van der Waals surface area contributed by atoms with Crippen LogP contribution in [0.4, 0.5) is 5.82 Å². The lowest BCUT2D eigenvalue weighted by Gasteiger charge is -2.07. The number of nitrogens with zero attached hydrogens (tertiary/aromatic N) is 1. The van der Waals surface area contributed by atoms with E-state index in [1.807, 2.05) is 37.3 Å². The second kappa shape index (κ2) is 5.97. The molecule has 0 bridgehead atoms. The summed E-state index contributed by atoms with van der Waals surface area (Å²) in [5.74, 6) is 0.485. The van der Waals surface area contributed by atoms with Gasteiger partial charge in [0.05, 0.1) is 10.9 Å². The number of hydrogen-bond acceptors (Lipinski definition) is 2. The SMILES string of the molecule is Cc1ccc(CC(=O)Nc2ncccc2Br)cc1C. The first-order chi connectivity index (χ1) is 9.06. The van der Waals surface area contributed by atoms with E-state index in [1.165, 1.54) is 11.1 Å². The highest BCUT2D eigenvalue weighted by Crippen LogP contribution is 2.18. The fourth-order valence-corrected chi connectivity index (χ4v) is 2.11. The van der Waals surface area contributed by atoms with E-state index in [0.29, 0.717) is 12.2 Å². The lowest BCUT2D eigenvalue weighted by atomic mass is 10.0. The van der Waals surface area contributed by atoms with Gasteiger partial charge >= 0.3 is 0 Å². The lowest BCUT2D eigenvalue weighted by molar-refractivity contribution is -0.115. The molecule has 19 heavy (non-hydrogen) atoms. The number of aromatic nitrogens is 1. The van der Waals surface area contributed by atoms with Crippen LogP contribution < -0.4 is 5.32 Å². The van der Waals surface area contributed by atoms with Crippen molar-refractivity contribution in [2.75, 3.05) is 5.32 Å². The molecule has 0 saturated carbocycles. The standard InChI is InChI=1S/C15H15BrN2O/c1-10-5-6-12(8-11(10)2)9-14(19)18-15-13(16)4-3-7-17-15/h3-8H,9H2,1-2H3,(H,17,18,19). The number of amides is 1. The van der Waals surface area contributed by atoms with Gasteiger partial charge in [-0.15, -0.1) is 0 Å². The highest BCUT2D eigenvalue weighted by Gasteiger charge is 2.07. The maximum atomic E-state index is 12.0. The summed E-state index contributed by atoms with van der Waals surface area (Å²) >= 11 is 3.35. The third-order valence-electron chi connectivity index (χ3n) is 2.95. The van der Waals surface area contributed by atoms with Crippen molar-refractivity contribution in [3.05, 3.63) is 57.7 Å². The Morgan fingerprint density at radius 1 is 1.26 bits per heavy atom. The Hall–Kier alpha value is -1.68. The number of aryl methyl sites for hydroxylation is 2. The fourth-order valence-electron chi connectivity index (χ4n) is 1.75. The van der Waals surface area contributed by atoms with Crippen molar-refractivity contribution >= 4 is 27.7 Å². The van der Waals surface area contributed by atoms with Gasteiger partial charge in [0.1, 0.15) is 5.82 Å². The van der Waals surface area contributed by atoms with Gasteiger partial charge in [-0.3, -0.25) is 4.79 Å². The van der Waals surface area contributed by atoms with E-state index in [4.69, 9.17) is 0 Å². The molecule has 0 unspecified atom stereocenters. The van der Waals surface area contributed by atoms with E-state index < -0.39 is 0 Å². The van der Waals surface area contributed by atoms with Gasteiger partial charge in [0.25, 0.3) is 0 Å². The van der Waals surface area contributed by atoms with Crippen LogP contribution in [0.2, 0.25) is 0 Å². The fraction of sp³-hybridized carbons (Fsp3) is 0.200. The number of pyridine rings is 1. The summed E-state index contributed by atoms with van der Waals surface area (Å²) in [5.41, 5.74) is 3.44. The van der Waals surface area contributed by atoms with Gasteiger partial charge in [-0.05, 0) is 58.6 Å². The molecule has 0 aliphatic carbocycles. The van der Waals surface area contributed by atoms with Crippen LogP contribution in [0.15, 0.2) is 41.0 Å². The molecule has 0 aliphatic rings. The first-order valence-electron chi connectivity index (χ1n) is 6.03. The van der Waals surface area contributed by atoms with Crippen LogP contribution >= 0.6 is 15.9 Å². The van der Waals surface area contributed by atoms with Crippen LogP contribution in [0, 0.1) is 13.8 Å². The van der Waals surface area contributed by atoms with E-state index in [2.05, 4.69) is 33.2 Å². The first-order valence-corrected chi connectivity index (χ1v) is 6.82. The summed E-state index contributed by atoms with van der Waals surface area (Å²) in [5, 5.41) is 2.80. The molecule has 0 saturated heterocycles. The van der Waals surface area contributed by atoms with Crippen molar-refractivity contribution in [1.29, 1.82) is 0 Å². The number of carbonyl (C=O) groups excluding carboxylic acids is 1. The van der Waals surface area contributed by atoms with Gasteiger partial charge in [-0.25, -0.2) is 4.98 Å². The third-order valence-corrected chi connectivity index (χ3v) is 3.59. The van der Waals surface area contributed by atoms with Crippen molar-refractivity contribution in [1.82, 2.24) is 4.98 Å². The summed E-state index contributed by atoms with van der Waals surface area (Å²) in [7, 11) is 0. The van der Waals surface area contributed by atoms with E-state index >= 15 is 0 Å². The smallest absolute Gasteiger partial charge is 0.229 e. The molecule has 1 aromatic heterocycles. The van der Waals surface area contributed by atoms with Crippen molar-refractivity contribution in [2.24, 2.45) is 0 Å². The molecule has 0 atom stereocenters.